The van der Waals surface area contributed by atoms with Crippen LogP contribution < -0.4 is 5.30 Å². The van der Waals surface area contributed by atoms with Crippen LogP contribution in [0.25, 0.3) is 0 Å². The minimum absolute atomic E-state index is 0.316. The molecule has 2 heteroatoms. The van der Waals surface area contributed by atoms with Gasteiger partial charge in [0, 0.05) is 20.3 Å². The average molecular weight is 197 g/mol. The first-order chi connectivity index (χ1) is 6.17. The molecule has 0 fully saturated rings. The molecule has 0 amide bonds. The van der Waals surface area contributed by atoms with E-state index in [2.05, 4.69) is 43.7 Å². The van der Waals surface area contributed by atoms with E-state index >= 15 is 0 Å². The fourth-order valence-corrected chi connectivity index (χ4v) is 3.60. The van der Waals surface area contributed by atoms with Gasteiger partial charge in [0.1, 0.15) is 0 Å². The van der Waals surface area contributed by atoms with Crippen LogP contribution in [0.2, 0.25) is 0 Å². The molecule has 0 aliphatic rings. The first-order valence-electron chi connectivity index (χ1n) is 4.66. The van der Waals surface area contributed by atoms with Crippen LogP contribution in [0.15, 0.2) is 30.3 Å². The van der Waals surface area contributed by atoms with Gasteiger partial charge in [-0.1, -0.05) is 18.2 Å². The molecule has 0 aliphatic carbocycles. The third-order valence-electron chi connectivity index (χ3n) is 2.33. The highest BCUT2D eigenvalue weighted by molar-refractivity contribution is 7.81. The minimum atomic E-state index is -0.971. The molecular weight excluding hydrogens is 179 g/mol. The highest BCUT2D eigenvalue weighted by atomic mass is 31.2. The number of hydrogen-bond acceptors (Lipinski definition) is 1. The molecule has 1 rings (SSSR count). The van der Waals surface area contributed by atoms with Crippen molar-refractivity contribution in [2.75, 3.05) is 26.1 Å². The SMILES string of the molecule is C[P+](C)(CCCO)c1ccccc1. The predicted molar refractivity (Wildman–Crippen MR) is 61.4 cm³/mol. The van der Waals surface area contributed by atoms with Crippen molar-refractivity contribution in [1.82, 2.24) is 0 Å². The zero-order valence-electron chi connectivity index (χ0n) is 8.40. The first-order valence-corrected chi connectivity index (χ1v) is 7.53. The normalized spacial score (nSPS) is 11.6. The van der Waals surface area contributed by atoms with Gasteiger partial charge >= 0.3 is 0 Å². The van der Waals surface area contributed by atoms with E-state index in [1.165, 1.54) is 5.30 Å². The maximum absolute atomic E-state index is 8.79. The van der Waals surface area contributed by atoms with Crippen molar-refractivity contribution in [1.29, 1.82) is 0 Å². The van der Waals surface area contributed by atoms with E-state index in [1.54, 1.807) is 0 Å². The van der Waals surface area contributed by atoms with E-state index < -0.39 is 7.26 Å². The summed E-state index contributed by atoms with van der Waals surface area (Å²) >= 11 is 0. The highest BCUT2D eigenvalue weighted by Gasteiger charge is 2.26. The molecule has 0 atom stereocenters. The summed E-state index contributed by atoms with van der Waals surface area (Å²) in [5.74, 6) is 0. The molecule has 0 saturated heterocycles. The van der Waals surface area contributed by atoms with Crippen LogP contribution in [0, 0.1) is 0 Å². The van der Waals surface area contributed by atoms with E-state index in [0.29, 0.717) is 6.61 Å². The summed E-state index contributed by atoms with van der Waals surface area (Å²) in [6.45, 7) is 4.98. The maximum atomic E-state index is 8.79. The second kappa shape index (κ2) is 4.74. The zero-order valence-corrected chi connectivity index (χ0v) is 9.30. The van der Waals surface area contributed by atoms with Gasteiger partial charge in [0.25, 0.3) is 0 Å². The van der Waals surface area contributed by atoms with Gasteiger partial charge in [-0.25, -0.2) is 0 Å². The number of rotatable bonds is 4. The summed E-state index contributed by atoms with van der Waals surface area (Å²) in [5, 5.41) is 10.3. The number of aliphatic hydroxyl groups is 1. The van der Waals surface area contributed by atoms with Crippen LogP contribution in [-0.2, 0) is 0 Å². The Morgan fingerprint density at radius 1 is 1.15 bits per heavy atom. The molecular formula is C11H18OP+. The second-order valence-electron chi connectivity index (χ2n) is 3.82. The molecule has 1 aromatic rings. The van der Waals surface area contributed by atoms with Crippen molar-refractivity contribution in [3.05, 3.63) is 30.3 Å². The van der Waals surface area contributed by atoms with Crippen LogP contribution in [0.1, 0.15) is 6.42 Å². The molecule has 0 radical (unpaired) electrons. The van der Waals surface area contributed by atoms with Gasteiger partial charge in [-0.3, -0.25) is 0 Å². The summed E-state index contributed by atoms with van der Waals surface area (Å²) in [7, 11) is -0.971. The van der Waals surface area contributed by atoms with Gasteiger partial charge in [-0.05, 0) is 12.1 Å². The van der Waals surface area contributed by atoms with Crippen molar-refractivity contribution >= 4 is 12.6 Å². The molecule has 0 aromatic heterocycles. The lowest BCUT2D eigenvalue weighted by Crippen LogP contribution is -2.12. The predicted octanol–water partition coefficient (Wildman–Crippen LogP) is 1.97. The van der Waals surface area contributed by atoms with Crippen molar-refractivity contribution in [3.63, 3.8) is 0 Å². The minimum Gasteiger partial charge on any atom is -0.396 e. The summed E-state index contributed by atoms with van der Waals surface area (Å²) < 4.78 is 0. The summed E-state index contributed by atoms with van der Waals surface area (Å²) in [4.78, 5) is 0. The summed E-state index contributed by atoms with van der Waals surface area (Å²) in [6, 6.07) is 10.6. The Kier molecular flexibility index (Phi) is 3.90. The molecule has 0 spiro atoms. The molecule has 1 nitrogen and oxygen atoms in total. The van der Waals surface area contributed by atoms with Crippen LogP contribution in [0.5, 0.6) is 0 Å². The Morgan fingerprint density at radius 3 is 2.31 bits per heavy atom. The summed E-state index contributed by atoms with van der Waals surface area (Å²) in [6.07, 6.45) is 2.07. The number of benzene rings is 1. The van der Waals surface area contributed by atoms with E-state index in [4.69, 9.17) is 5.11 Å². The van der Waals surface area contributed by atoms with Gasteiger partial charge in [-0.2, -0.15) is 0 Å². The third-order valence-corrected chi connectivity index (χ3v) is 5.46. The molecule has 1 N–H and O–H groups in total. The monoisotopic (exact) mass is 197 g/mol. The number of hydrogen-bond donors (Lipinski definition) is 1. The Bertz CT molecular complexity index is 244. The van der Waals surface area contributed by atoms with E-state index in [9.17, 15) is 0 Å². The van der Waals surface area contributed by atoms with Gasteiger partial charge < -0.3 is 5.11 Å². The third kappa shape index (κ3) is 3.10. The second-order valence-corrected chi connectivity index (χ2v) is 8.15. The largest absolute Gasteiger partial charge is 0.396 e. The Balaban J connectivity index is 2.69. The molecule has 72 valence electrons. The van der Waals surface area contributed by atoms with Gasteiger partial charge in [0.05, 0.1) is 24.8 Å². The average Bonchev–Trinajstić information content (AvgIpc) is 2.16. The van der Waals surface area contributed by atoms with E-state index in [1.807, 2.05) is 0 Å². The Morgan fingerprint density at radius 2 is 1.77 bits per heavy atom. The van der Waals surface area contributed by atoms with Crippen LogP contribution in [-0.4, -0.2) is 31.2 Å². The molecule has 13 heavy (non-hydrogen) atoms. The molecule has 0 heterocycles. The topological polar surface area (TPSA) is 20.2 Å². The van der Waals surface area contributed by atoms with E-state index in [0.717, 1.165) is 12.6 Å². The van der Waals surface area contributed by atoms with Crippen LogP contribution in [0.3, 0.4) is 0 Å². The standard InChI is InChI=1S/C11H18OP/c1-13(2,10-6-9-12)11-7-4-3-5-8-11/h3-5,7-8,12H,6,9-10H2,1-2H3/q+1. The van der Waals surface area contributed by atoms with Crippen molar-refractivity contribution in [2.45, 2.75) is 6.42 Å². The van der Waals surface area contributed by atoms with Gasteiger partial charge in [0.2, 0.25) is 0 Å². The fraction of sp³-hybridized carbons (Fsp3) is 0.455. The maximum Gasteiger partial charge on any atom is 0.0933 e. The van der Waals surface area contributed by atoms with Gasteiger partial charge in [-0.15, -0.1) is 0 Å². The van der Waals surface area contributed by atoms with Gasteiger partial charge in [0.15, 0.2) is 0 Å². The first kappa shape index (κ1) is 10.7. The van der Waals surface area contributed by atoms with Crippen molar-refractivity contribution < 1.29 is 5.11 Å². The Hall–Kier alpha value is -0.390. The lowest BCUT2D eigenvalue weighted by molar-refractivity contribution is 0.296. The van der Waals surface area contributed by atoms with Crippen LogP contribution >= 0.6 is 7.26 Å². The molecule has 0 bridgehead atoms. The quantitative estimate of drug-likeness (QED) is 0.732. The molecule has 0 unspecified atom stereocenters. The van der Waals surface area contributed by atoms with E-state index in [-0.39, 0.29) is 0 Å². The molecule has 1 aromatic carbocycles. The Labute approximate surface area is 81.1 Å². The fourth-order valence-electron chi connectivity index (χ4n) is 1.43. The zero-order chi connectivity index (χ0) is 9.73. The smallest absolute Gasteiger partial charge is 0.0933 e. The highest BCUT2D eigenvalue weighted by Crippen LogP contribution is 2.49. The summed E-state index contributed by atoms with van der Waals surface area (Å²) in [5.41, 5.74) is 0. The molecule has 0 saturated carbocycles. The van der Waals surface area contributed by atoms with Crippen molar-refractivity contribution in [2.24, 2.45) is 0 Å². The lowest BCUT2D eigenvalue weighted by atomic mass is 10.4. The number of aliphatic hydroxyl groups excluding tert-OH is 1. The lowest BCUT2D eigenvalue weighted by Gasteiger charge is -2.17. The van der Waals surface area contributed by atoms with Crippen LogP contribution in [0.4, 0.5) is 0 Å². The van der Waals surface area contributed by atoms with Crippen molar-refractivity contribution in [3.8, 4) is 0 Å². The molecule has 0 aliphatic heterocycles.